The van der Waals surface area contributed by atoms with Crippen LogP contribution >= 0.6 is 0 Å². The molecule has 1 aromatic heterocycles. The second-order valence-electron chi connectivity index (χ2n) is 5.96. The minimum Gasteiger partial charge on any atom is -0.478 e. The van der Waals surface area contributed by atoms with Crippen molar-refractivity contribution in [2.75, 3.05) is 31.1 Å². The van der Waals surface area contributed by atoms with Crippen LogP contribution in [0.1, 0.15) is 12.7 Å². The minimum absolute atomic E-state index is 0.0958. The van der Waals surface area contributed by atoms with Crippen LogP contribution in [-0.2, 0) is 4.79 Å². The first-order valence-corrected chi connectivity index (χ1v) is 8.29. The molecule has 0 saturated carbocycles. The van der Waals surface area contributed by atoms with Gasteiger partial charge in [0.1, 0.15) is 11.6 Å². The molecule has 1 fully saturated rings. The Balaban J connectivity index is 1.57. The Bertz CT molecular complexity index is 747. The van der Waals surface area contributed by atoms with E-state index in [-0.39, 0.29) is 11.7 Å². The first-order chi connectivity index (χ1) is 12.0. The van der Waals surface area contributed by atoms with Crippen molar-refractivity contribution < 1.29 is 13.9 Å². The summed E-state index contributed by atoms with van der Waals surface area (Å²) in [5.74, 6) is 1.09. The van der Waals surface area contributed by atoms with Gasteiger partial charge in [-0.25, -0.2) is 14.4 Å². The summed E-state index contributed by atoms with van der Waals surface area (Å²) in [7, 11) is 0. The minimum atomic E-state index is -0.732. The normalized spacial score (nSPS) is 15.8. The number of anilines is 1. The van der Waals surface area contributed by atoms with Crippen molar-refractivity contribution in [2.45, 2.75) is 20.0 Å². The van der Waals surface area contributed by atoms with E-state index in [2.05, 4.69) is 14.9 Å². The van der Waals surface area contributed by atoms with Crippen molar-refractivity contribution in [1.29, 1.82) is 0 Å². The second kappa shape index (κ2) is 7.46. The molecule has 1 aliphatic rings. The summed E-state index contributed by atoms with van der Waals surface area (Å²) in [6.07, 6.45) is 1.00. The number of rotatable bonds is 4. The highest BCUT2D eigenvalue weighted by molar-refractivity contribution is 5.81. The monoisotopic (exact) mass is 344 g/mol. The molecule has 6 nitrogen and oxygen atoms in total. The zero-order valence-corrected chi connectivity index (χ0v) is 14.4. The fraction of sp³-hybridized carbons (Fsp3) is 0.389. The number of ether oxygens (including phenoxy) is 1. The highest BCUT2D eigenvalue weighted by atomic mass is 19.1. The number of aryl methyl sites for hydroxylation is 1. The van der Waals surface area contributed by atoms with E-state index >= 15 is 0 Å². The molecule has 1 atom stereocenters. The standard InChI is InChI=1S/C18H21FN4O2/c1-13(25-16-6-4-3-5-15(16)19)18(24)23-11-9-22(10-12-23)17-7-8-20-14(2)21-17/h3-8,13H,9-12H2,1-2H3/t13-/m0/s1. The molecule has 7 heteroatoms. The number of nitrogens with zero attached hydrogens (tertiary/aromatic N) is 4. The van der Waals surface area contributed by atoms with Crippen LogP contribution in [0.15, 0.2) is 36.5 Å². The molecule has 1 saturated heterocycles. The van der Waals surface area contributed by atoms with Gasteiger partial charge in [0, 0.05) is 32.4 Å². The number of para-hydroxylation sites is 1. The molecule has 132 valence electrons. The van der Waals surface area contributed by atoms with Crippen LogP contribution in [0.4, 0.5) is 10.2 Å². The molecule has 0 spiro atoms. The molecule has 0 N–H and O–H groups in total. The van der Waals surface area contributed by atoms with E-state index in [1.807, 2.05) is 13.0 Å². The Hall–Kier alpha value is -2.70. The lowest BCUT2D eigenvalue weighted by molar-refractivity contribution is -0.138. The molecule has 1 aliphatic heterocycles. The summed E-state index contributed by atoms with van der Waals surface area (Å²) in [6, 6.07) is 7.97. The van der Waals surface area contributed by atoms with E-state index in [1.165, 1.54) is 12.1 Å². The van der Waals surface area contributed by atoms with Gasteiger partial charge in [-0.3, -0.25) is 4.79 Å². The van der Waals surface area contributed by atoms with Crippen molar-refractivity contribution in [3.8, 4) is 5.75 Å². The molecular weight excluding hydrogens is 323 g/mol. The summed E-state index contributed by atoms with van der Waals surface area (Å²) in [4.78, 5) is 24.9. The van der Waals surface area contributed by atoms with Gasteiger partial charge >= 0.3 is 0 Å². The summed E-state index contributed by atoms with van der Waals surface area (Å²) in [5, 5.41) is 0. The summed E-state index contributed by atoms with van der Waals surface area (Å²) in [6.45, 7) is 6.03. The van der Waals surface area contributed by atoms with Crippen molar-refractivity contribution in [3.63, 3.8) is 0 Å². The topological polar surface area (TPSA) is 58.6 Å². The van der Waals surface area contributed by atoms with Crippen molar-refractivity contribution >= 4 is 11.7 Å². The van der Waals surface area contributed by atoms with Crippen LogP contribution in [-0.4, -0.2) is 53.1 Å². The third-order valence-corrected chi connectivity index (χ3v) is 4.16. The largest absolute Gasteiger partial charge is 0.478 e. The Kier molecular flexibility index (Phi) is 5.11. The number of hydrogen-bond acceptors (Lipinski definition) is 5. The van der Waals surface area contributed by atoms with Gasteiger partial charge in [0.05, 0.1) is 0 Å². The molecule has 2 heterocycles. The first-order valence-electron chi connectivity index (χ1n) is 8.29. The third-order valence-electron chi connectivity index (χ3n) is 4.16. The molecule has 25 heavy (non-hydrogen) atoms. The Morgan fingerprint density at radius 2 is 1.92 bits per heavy atom. The van der Waals surface area contributed by atoms with Gasteiger partial charge < -0.3 is 14.5 Å². The lowest BCUT2D eigenvalue weighted by Crippen LogP contribution is -2.52. The number of carbonyl (C=O) groups excluding carboxylic acids is 1. The average molecular weight is 344 g/mol. The predicted octanol–water partition coefficient (Wildman–Crippen LogP) is 2.04. The highest BCUT2D eigenvalue weighted by Crippen LogP contribution is 2.19. The molecule has 1 aromatic carbocycles. The first kappa shape index (κ1) is 17.1. The van der Waals surface area contributed by atoms with Gasteiger partial charge in [0.15, 0.2) is 17.7 Å². The lowest BCUT2D eigenvalue weighted by Gasteiger charge is -2.36. The number of hydrogen-bond donors (Lipinski definition) is 0. The number of amides is 1. The number of halogens is 1. The molecule has 0 aliphatic carbocycles. The highest BCUT2D eigenvalue weighted by Gasteiger charge is 2.27. The van der Waals surface area contributed by atoms with Gasteiger partial charge in [0.25, 0.3) is 5.91 Å². The summed E-state index contributed by atoms with van der Waals surface area (Å²) in [5.41, 5.74) is 0. The quantitative estimate of drug-likeness (QED) is 0.849. The van der Waals surface area contributed by atoms with E-state index in [4.69, 9.17) is 4.74 Å². The van der Waals surface area contributed by atoms with Crippen molar-refractivity contribution in [3.05, 3.63) is 48.2 Å². The zero-order valence-electron chi connectivity index (χ0n) is 14.4. The smallest absolute Gasteiger partial charge is 0.263 e. The summed E-state index contributed by atoms with van der Waals surface area (Å²) < 4.78 is 19.1. The van der Waals surface area contributed by atoms with Gasteiger partial charge in [-0.2, -0.15) is 0 Å². The molecule has 0 unspecified atom stereocenters. The molecule has 1 amide bonds. The van der Waals surface area contributed by atoms with Gasteiger partial charge in [-0.15, -0.1) is 0 Å². The maximum Gasteiger partial charge on any atom is 0.263 e. The summed E-state index contributed by atoms with van der Waals surface area (Å²) >= 11 is 0. The second-order valence-corrected chi connectivity index (χ2v) is 5.96. The van der Waals surface area contributed by atoms with E-state index in [1.54, 1.807) is 30.2 Å². The third kappa shape index (κ3) is 4.04. The number of carbonyl (C=O) groups is 1. The lowest BCUT2D eigenvalue weighted by atomic mass is 10.2. The van der Waals surface area contributed by atoms with E-state index in [0.717, 1.165) is 11.6 Å². The Morgan fingerprint density at radius 1 is 1.20 bits per heavy atom. The number of benzene rings is 1. The number of piperazine rings is 1. The molecule has 0 radical (unpaired) electrons. The van der Waals surface area contributed by atoms with E-state index in [9.17, 15) is 9.18 Å². The SMILES string of the molecule is Cc1nccc(N2CCN(C(=O)[C@H](C)Oc3ccccc3F)CC2)n1. The van der Waals surface area contributed by atoms with Crippen LogP contribution in [0.2, 0.25) is 0 Å². The van der Waals surface area contributed by atoms with Crippen LogP contribution in [0, 0.1) is 12.7 Å². The fourth-order valence-electron chi connectivity index (χ4n) is 2.81. The van der Waals surface area contributed by atoms with Crippen LogP contribution in [0.3, 0.4) is 0 Å². The zero-order chi connectivity index (χ0) is 17.8. The van der Waals surface area contributed by atoms with Crippen LogP contribution in [0.25, 0.3) is 0 Å². The molecule has 3 rings (SSSR count). The van der Waals surface area contributed by atoms with Crippen molar-refractivity contribution in [2.24, 2.45) is 0 Å². The molecule has 0 bridgehead atoms. The Labute approximate surface area is 146 Å². The van der Waals surface area contributed by atoms with Gasteiger partial charge in [-0.05, 0) is 32.0 Å². The maximum atomic E-state index is 13.7. The van der Waals surface area contributed by atoms with E-state index in [0.29, 0.717) is 26.2 Å². The average Bonchev–Trinajstić information content (AvgIpc) is 2.63. The van der Waals surface area contributed by atoms with Crippen LogP contribution in [0.5, 0.6) is 5.75 Å². The van der Waals surface area contributed by atoms with Crippen molar-refractivity contribution in [1.82, 2.24) is 14.9 Å². The van der Waals surface area contributed by atoms with Gasteiger partial charge in [-0.1, -0.05) is 12.1 Å². The Morgan fingerprint density at radius 3 is 2.60 bits per heavy atom. The van der Waals surface area contributed by atoms with Gasteiger partial charge in [0.2, 0.25) is 0 Å². The molecule has 2 aromatic rings. The molecular formula is C18H21FN4O2. The maximum absolute atomic E-state index is 13.7. The number of aromatic nitrogens is 2. The van der Waals surface area contributed by atoms with E-state index < -0.39 is 11.9 Å². The predicted molar refractivity (Wildman–Crippen MR) is 92.1 cm³/mol. The fourth-order valence-corrected chi connectivity index (χ4v) is 2.81. The van der Waals surface area contributed by atoms with Crippen LogP contribution < -0.4 is 9.64 Å².